The Labute approximate surface area is 162 Å². The molecule has 0 bridgehead atoms. The molecular formula is C20H22N2O6. The summed E-state index contributed by atoms with van der Waals surface area (Å²) in [6, 6.07) is 12.2. The Morgan fingerprint density at radius 1 is 1.11 bits per heavy atom. The number of methoxy groups -OCH3 is 3. The third kappa shape index (κ3) is 3.95. The van der Waals surface area contributed by atoms with Crippen molar-refractivity contribution in [1.82, 2.24) is 5.32 Å². The molecule has 0 saturated carbocycles. The van der Waals surface area contributed by atoms with Crippen LogP contribution in [0.25, 0.3) is 0 Å². The summed E-state index contributed by atoms with van der Waals surface area (Å²) < 4.78 is 21.3. The molecule has 0 aliphatic carbocycles. The molecule has 148 valence electrons. The molecule has 0 aromatic heterocycles. The number of carbonyl (C=O) groups is 2. The van der Waals surface area contributed by atoms with Crippen molar-refractivity contribution in [3.63, 3.8) is 0 Å². The van der Waals surface area contributed by atoms with E-state index in [4.69, 9.17) is 18.9 Å². The smallest absolute Gasteiger partial charge is 0.414 e. The predicted molar refractivity (Wildman–Crippen MR) is 102 cm³/mol. The molecule has 0 radical (unpaired) electrons. The van der Waals surface area contributed by atoms with Crippen LogP contribution < -0.4 is 24.4 Å². The molecule has 2 aromatic rings. The normalized spacial score (nSPS) is 15.8. The number of cyclic esters (lactones) is 1. The van der Waals surface area contributed by atoms with Crippen LogP contribution >= 0.6 is 0 Å². The van der Waals surface area contributed by atoms with Crippen molar-refractivity contribution < 1.29 is 28.5 Å². The number of nitrogens with zero attached hydrogens (tertiary/aromatic N) is 1. The lowest BCUT2D eigenvalue weighted by atomic mass is 10.2. The van der Waals surface area contributed by atoms with E-state index >= 15 is 0 Å². The quantitative estimate of drug-likeness (QED) is 0.787. The molecule has 0 spiro atoms. The number of ether oxygens (including phenoxy) is 4. The zero-order valence-corrected chi connectivity index (χ0v) is 15.9. The fraction of sp³-hybridized carbons (Fsp3) is 0.300. The lowest BCUT2D eigenvalue weighted by Crippen LogP contribution is -2.34. The fourth-order valence-corrected chi connectivity index (χ4v) is 2.96. The lowest BCUT2D eigenvalue weighted by molar-refractivity contribution is 0.0916. The van der Waals surface area contributed by atoms with Crippen LogP contribution in [-0.2, 0) is 4.74 Å². The van der Waals surface area contributed by atoms with E-state index in [0.717, 1.165) is 0 Å². The van der Waals surface area contributed by atoms with Gasteiger partial charge in [0.1, 0.15) is 6.10 Å². The van der Waals surface area contributed by atoms with Gasteiger partial charge in [0.15, 0.2) is 11.5 Å². The Morgan fingerprint density at radius 2 is 1.75 bits per heavy atom. The van der Waals surface area contributed by atoms with Crippen molar-refractivity contribution in [2.75, 3.05) is 39.3 Å². The van der Waals surface area contributed by atoms with Crippen LogP contribution in [0.5, 0.6) is 17.2 Å². The van der Waals surface area contributed by atoms with E-state index in [2.05, 4.69) is 5.32 Å². The largest absolute Gasteiger partial charge is 0.493 e. The maximum absolute atomic E-state index is 12.3. The monoisotopic (exact) mass is 386 g/mol. The van der Waals surface area contributed by atoms with Gasteiger partial charge in [-0.05, 0) is 12.1 Å². The highest BCUT2D eigenvalue weighted by Gasteiger charge is 2.33. The molecule has 2 amide bonds. The molecule has 1 saturated heterocycles. The number of nitrogens with one attached hydrogen (secondary N) is 1. The molecule has 1 N–H and O–H groups in total. The summed E-state index contributed by atoms with van der Waals surface area (Å²) in [6.45, 7) is 0.493. The molecule has 1 fully saturated rings. The first kappa shape index (κ1) is 19.3. The minimum absolute atomic E-state index is 0.209. The van der Waals surface area contributed by atoms with E-state index in [9.17, 15) is 9.59 Å². The van der Waals surface area contributed by atoms with Gasteiger partial charge in [0.25, 0.3) is 5.91 Å². The molecule has 3 rings (SSSR count). The van der Waals surface area contributed by atoms with Gasteiger partial charge < -0.3 is 24.3 Å². The number of hydrogen-bond donors (Lipinski definition) is 1. The van der Waals surface area contributed by atoms with Crippen LogP contribution in [0, 0.1) is 0 Å². The van der Waals surface area contributed by atoms with Crippen molar-refractivity contribution in [3.8, 4) is 17.2 Å². The van der Waals surface area contributed by atoms with Gasteiger partial charge in [0.05, 0.1) is 40.1 Å². The van der Waals surface area contributed by atoms with Crippen molar-refractivity contribution in [2.45, 2.75) is 6.10 Å². The van der Waals surface area contributed by atoms with E-state index in [0.29, 0.717) is 28.5 Å². The van der Waals surface area contributed by atoms with Crippen LogP contribution in [0.2, 0.25) is 0 Å². The zero-order valence-electron chi connectivity index (χ0n) is 15.9. The van der Waals surface area contributed by atoms with Crippen LogP contribution in [0.1, 0.15) is 10.4 Å². The van der Waals surface area contributed by atoms with Crippen molar-refractivity contribution in [3.05, 3.63) is 48.0 Å². The van der Waals surface area contributed by atoms with Crippen LogP contribution in [0.15, 0.2) is 42.5 Å². The highest BCUT2D eigenvalue weighted by atomic mass is 16.6. The van der Waals surface area contributed by atoms with Gasteiger partial charge in [-0.1, -0.05) is 18.2 Å². The highest BCUT2D eigenvalue weighted by Crippen LogP contribution is 2.41. The van der Waals surface area contributed by atoms with Gasteiger partial charge in [-0.2, -0.15) is 0 Å². The molecular weight excluding hydrogens is 364 g/mol. The molecule has 28 heavy (non-hydrogen) atoms. The number of hydrogen-bond acceptors (Lipinski definition) is 6. The van der Waals surface area contributed by atoms with Crippen LogP contribution in [0.4, 0.5) is 10.5 Å². The number of amides is 2. The third-order valence-corrected chi connectivity index (χ3v) is 4.36. The summed E-state index contributed by atoms with van der Waals surface area (Å²) in [5, 5.41) is 2.78. The predicted octanol–water partition coefficient (Wildman–Crippen LogP) is 2.47. The summed E-state index contributed by atoms with van der Waals surface area (Å²) in [6.07, 6.45) is -0.979. The molecule has 1 aliphatic heterocycles. The molecule has 1 aliphatic rings. The van der Waals surface area contributed by atoms with Gasteiger partial charge in [0.2, 0.25) is 5.75 Å². The van der Waals surface area contributed by atoms with Gasteiger partial charge in [0, 0.05) is 17.7 Å². The summed E-state index contributed by atoms with van der Waals surface area (Å²) in [5.41, 5.74) is 1.10. The average molecular weight is 386 g/mol. The zero-order chi connectivity index (χ0) is 20.1. The minimum Gasteiger partial charge on any atom is -0.493 e. The summed E-state index contributed by atoms with van der Waals surface area (Å²) >= 11 is 0. The van der Waals surface area contributed by atoms with Gasteiger partial charge in [-0.15, -0.1) is 0 Å². The molecule has 2 aromatic carbocycles. The average Bonchev–Trinajstić information content (AvgIpc) is 3.11. The maximum atomic E-state index is 12.3. The van der Waals surface area contributed by atoms with Crippen LogP contribution in [0.3, 0.4) is 0 Å². The Kier molecular flexibility index (Phi) is 5.88. The van der Waals surface area contributed by atoms with E-state index < -0.39 is 12.2 Å². The molecule has 8 nitrogen and oxygen atoms in total. The van der Waals surface area contributed by atoms with Gasteiger partial charge >= 0.3 is 6.09 Å². The highest BCUT2D eigenvalue weighted by molar-refractivity contribution is 5.94. The first-order valence-electron chi connectivity index (χ1n) is 8.68. The second-order valence-electron chi connectivity index (χ2n) is 6.08. The first-order chi connectivity index (χ1) is 13.6. The second kappa shape index (κ2) is 8.51. The standard InChI is InChI=1S/C20H22N2O6/c1-25-16-9-14(10-17(26-2)18(16)27-3)22-12-15(28-20(22)24)11-21-19(23)13-7-5-4-6-8-13/h4-10,15H,11-12H2,1-3H3,(H,21,23). The number of benzene rings is 2. The number of anilines is 1. The molecule has 8 heteroatoms. The Balaban J connectivity index is 1.70. The number of rotatable bonds is 7. The maximum Gasteiger partial charge on any atom is 0.414 e. The van der Waals surface area contributed by atoms with Crippen molar-refractivity contribution in [1.29, 1.82) is 0 Å². The summed E-state index contributed by atoms with van der Waals surface area (Å²) in [5.74, 6) is 1.09. The second-order valence-corrected chi connectivity index (χ2v) is 6.08. The van der Waals surface area contributed by atoms with Gasteiger partial charge in [-0.3, -0.25) is 9.69 Å². The summed E-state index contributed by atoms with van der Waals surface area (Å²) in [4.78, 5) is 26.0. The number of carbonyl (C=O) groups excluding carboxylic acids is 2. The Morgan fingerprint density at radius 3 is 2.32 bits per heavy atom. The lowest BCUT2D eigenvalue weighted by Gasteiger charge is -2.18. The molecule has 1 atom stereocenters. The molecule has 1 heterocycles. The first-order valence-corrected chi connectivity index (χ1v) is 8.68. The summed E-state index contributed by atoms with van der Waals surface area (Å²) in [7, 11) is 4.52. The molecule has 1 unspecified atom stereocenters. The Bertz CT molecular complexity index is 830. The van der Waals surface area contributed by atoms with Crippen molar-refractivity contribution >= 4 is 17.7 Å². The SMILES string of the molecule is COc1cc(N2CC(CNC(=O)c3ccccc3)OC2=O)cc(OC)c1OC. The fourth-order valence-electron chi connectivity index (χ4n) is 2.96. The van der Waals surface area contributed by atoms with E-state index in [1.807, 2.05) is 6.07 Å². The van der Waals surface area contributed by atoms with Gasteiger partial charge in [-0.25, -0.2) is 4.79 Å². The van der Waals surface area contributed by atoms with E-state index in [1.54, 1.807) is 36.4 Å². The Hall–Kier alpha value is -3.42. The van der Waals surface area contributed by atoms with Crippen LogP contribution in [-0.4, -0.2) is 52.5 Å². The van der Waals surface area contributed by atoms with E-state index in [1.165, 1.54) is 26.2 Å². The third-order valence-electron chi connectivity index (χ3n) is 4.36. The minimum atomic E-state index is -0.506. The topological polar surface area (TPSA) is 86.3 Å². The van der Waals surface area contributed by atoms with E-state index in [-0.39, 0.29) is 19.0 Å². The van der Waals surface area contributed by atoms with Crippen molar-refractivity contribution in [2.24, 2.45) is 0 Å².